The fourth-order valence-electron chi connectivity index (χ4n) is 5.04. The second-order valence-electron chi connectivity index (χ2n) is 9.92. The predicted molar refractivity (Wildman–Crippen MR) is 149 cm³/mol. The first kappa shape index (κ1) is 27.9. The van der Waals surface area contributed by atoms with Crippen LogP contribution in [0.4, 0.5) is 4.79 Å². The lowest BCUT2D eigenvalue weighted by Gasteiger charge is -2.23. The van der Waals surface area contributed by atoms with E-state index in [9.17, 15) is 19.5 Å². The average molecular weight is 530 g/mol. The molecule has 2 amide bonds. The maximum Gasteiger partial charge on any atom is 0.407 e. The van der Waals surface area contributed by atoms with Crippen molar-refractivity contribution < 1.29 is 24.2 Å². The highest BCUT2D eigenvalue weighted by molar-refractivity contribution is 5.84. The van der Waals surface area contributed by atoms with Crippen molar-refractivity contribution in [3.63, 3.8) is 0 Å². The van der Waals surface area contributed by atoms with Gasteiger partial charge in [0.2, 0.25) is 5.91 Å². The van der Waals surface area contributed by atoms with Crippen LogP contribution in [0.5, 0.6) is 0 Å². The molecule has 8 nitrogen and oxygen atoms in total. The van der Waals surface area contributed by atoms with Crippen LogP contribution in [0.1, 0.15) is 42.4 Å². The normalized spacial score (nSPS) is 13.7. The molecule has 3 N–H and O–H groups in total. The Morgan fingerprint density at radius 1 is 0.897 bits per heavy atom. The number of nitrogens with one attached hydrogen (secondary N) is 2. The summed E-state index contributed by atoms with van der Waals surface area (Å²) < 4.78 is 5.60. The summed E-state index contributed by atoms with van der Waals surface area (Å²) in [5, 5.41) is 15.0. The number of hydrogen-bond acceptors (Lipinski definition) is 5. The van der Waals surface area contributed by atoms with E-state index < -0.39 is 30.1 Å². The fraction of sp³-hybridized carbons (Fsp3) is 0.323. The lowest BCUT2D eigenvalue weighted by atomic mass is 9.98. The number of carboxylic acids is 1. The van der Waals surface area contributed by atoms with Crippen LogP contribution in [0.2, 0.25) is 0 Å². The van der Waals surface area contributed by atoms with E-state index in [-0.39, 0.29) is 25.5 Å². The van der Waals surface area contributed by atoms with Gasteiger partial charge in [0.05, 0.1) is 0 Å². The van der Waals surface area contributed by atoms with Crippen LogP contribution in [-0.2, 0) is 20.9 Å². The van der Waals surface area contributed by atoms with Crippen molar-refractivity contribution in [2.45, 2.75) is 44.3 Å². The quantitative estimate of drug-likeness (QED) is 0.321. The molecule has 0 saturated carbocycles. The summed E-state index contributed by atoms with van der Waals surface area (Å²) in [6.45, 7) is 2.73. The number of fused-ring (bicyclic) bond motifs is 3. The summed E-state index contributed by atoms with van der Waals surface area (Å²) in [7, 11) is 1.81. The van der Waals surface area contributed by atoms with Crippen LogP contribution in [0.25, 0.3) is 11.1 Å². The molecule has 0 saturated heterocycles. The van der Waals surface area contributed by atoms with Crippen molar-refractivity contribution in [1.29, 1.82) is 0 Å². The number of rotatable bonds is 12. The molecule has 39 heavy (non-hydrogen) atoms. The first-order valence-electron chi connectivity index (χ1n) is 13.2. The van der Waals surface area contributed by atoms with E-state index >= 15 is 0 Å². The van der Waals surface area contributed by atoms with Crippen molar-refractivity contribution in [3.8, 4) is 11.1 Å². The Morgan fingerprint density at radius 3 is 2.08 bits per heavy atom. The Bertz CT molecular complexity index is 1250. The Morgan fingerprint density at radius 2 is 1.49 bits per heavy atom. The zero-order chi connectivity index (χ0) is 27.8. The van der Waals surface area contributed by atoms with Gasteiger partial charge in [0.1, 0.15) is 12.6 Å². The van der Waals surface area contributed by atoms with Crippen molar-refractivity contribution in [2.75, 3.05) is 20.2 Å². The Labute approximate surface area is 229 Å². The minimum absolute atomic E-state index is 0.0487. The smallest absolute Gasteiger partial charge is 0.407 e. The monoisotopic (exact) mass is 529 g/mol. The highest BCUT2D eigenvalue weighted by atomic mass is 16.5. The number of amides is 2. The maximum absolute atomic E-state index is 12.7. The minimum atomic E-state index is -1.11. The molecule has 2 atom stereocenters. The fourth-order valence-corrected chi connectivity index (χ4v) is 5.04. The van der Waals surface area contributed by atoms with Crippen molar-refractivity contribution in [1.82, 2.24) is 15.5 Å². The lowest BCUT2D eigenvalue weighted by molar-refractivity contribution is -0.142. The third-order valence-corrected chi connectivity index (χ3v) is 7.01. The van der Waals surface area contributed by atoms with Gasteiger partial charge in [-0.25, -0.2) is 9.59 Å². The summed E-state index contributed by atoms with van der Waals surface area (Å²) in [5.41, 5.74) is 5.58. The Balaban J connectivity index is 1.28. The Hall–Kier alpha value is -4.17. The number of nitrogens with zero attached hydrogens (tertiary/aromatic N) is 1. The molecular weight excluding hydrogens is 494 g/mol. The third-order valence-electron chi connectivity index (χ3n) is 7.01. The SMILES string of the molecule is CC[C@H](CC(=O)NC(CN(C)Cc1ccccc1)C(=O)O)NC(=O)OCC1c2ccccc2-c2ccccc21. The summed E-state index contributed by atoms with van der Waals surface area (Å²) in [6.07, 6.45) is -0.162. The second-order valence-corrected chi connectivity index (χ2v) is 9.92. The van der Waals surface area contributed by atoms with Gasteiger partial charge in [-0.3, -0.25) is 9.69 Å². The van der Waals surface area contributed by atoms with E-state index in [1.165, 1.54) is 0 Å². The van der Waals surface area contributed by atoms with Gasteiger partial charge >= 0.3 is 12.1 Å². The van der Waals surface area contributed by atoms with Crippen LogP contribution in [0.15, 0.2) is 78.9 Å². The van der Waals surface area contributed by atoms with E-state index in [4.69, 9.17) is 4.74 Å². The number of aliphatic carboxylic acids is 1. The number of carbonyl (C=O) groups excluding carboxylic acids is 2. The Kier molecular flexibility index (Phi) is 9.33. The van der Waals surface area contributed by atoms with E-state index in [0.29, 0.717) is 13.0 Å². The topological polar surface area (TPSA) is 108 Å². The molecule has 3 aromatic rings. The molecule has 204 valence electrons. The van der Waals surface area contributed by atoms with Crippen molar-refractivity contribution >= 4 is 18.0 Å². The van der Waals surface area contributed by atoms with Crippen LogP contribution in [-0.4, -0.2) is 60.3 Å². The number of carboxylic acid groups (broad SMARTS) is 1. The second kappa shape index (κ2) is 13.1. The molecule has 0 bridgehead atoms. The zero-order valence-corrected chi connectivity index (χ0v) is 22.3. The molecule has 0 aliphatic heterocycles. The van der Waals surface area contributed by atoms with Crippen molar-refractivity contribution in [3.05, 3.63) is 95.6 Å². The number of carbonyl (C=O) groups is 3. The zero-order valence-electron chi connectivity index (χ0n) is 22.3. The lowest BCUT2D eigenvalue weighted by Crippen LogP contribution is -2.49. The minimum Gasteiger partial charge on any atom is -0.480 e. The van der Waals surface area contributed by atoms with Crippen LogP contribution >= 0.6 is 0 Å². The van der Waals surface area contributed by atoms with Crippen LogP contribution in [0.3, 0.4) is 0 Å². The summed E-state index contributed by atoms with van der Waals surface area (Å²) in [4.78, 5) is 39.0. The van der Waals surface area contributed by atoms with Gasteiger partial charge in [-0.15, -0.1) is 0 Å². The molecule has 4 rings (SSSR count). The molecule has 3 aromatic carbocycles. The first-order chi connectivity index (χ1) is 18.9. The van der Waals surface area contributed by atoms with Gasteiger partial charge in [-0.05, 0) is 41.3 Å². The highest BCUT2D eigenvalue weighted by Gasteiger charge is 2.29. The van der Waals surface area contributed by atoms with Crippen LogP contribution < -0.4 is 10.6 Å². The summed E-state index contributed by atoms with van der Waals surface area (Å²) in [6, 6.07) is 24.3. The van der Waals surface area contributed by atoms with Gasteiger partial charge in [-0.2, -0.15) is 0 Å². The molecule has 0 radical (unpaired) electrons. The largest absolute Gasteiger partial charge is 0.480 e. The molecule has 8 heteroatoms. The van der Waals surface area contributed by atoms with Gasteiger partial charge in [0.15, 0.2) is 0 Å². The predicted octanol–water partition coefficient (Wildman–Crippen LogP) is 4.40. The molecule has 0 aromatic heterocycles. The standard InChI is InChI=1S/C31H35N3O5/c1-3-22(17-29(35)33-28(30(36)37)19-34(2)18-21-11-5-4-6-12-21)32-31(38)39-20-27-25-15-9-7-13-23(25)24-14-8-10-16-26(24)27/h4-16,22,27-28H,3,17-20H2,1-2H3,(H,32,38)(H,33,35)(H,36,37)/t22-,28?/m1/s1. The third kappa shape index (κ3) is 7.23. The number of hydrogen-bond donors (Lipinski definition) is 3. The number of benzene rings is 3. The molecule has 0 spiro atoms. The first-order valence-corrected chi connectivity index (χ1v) is 13.2. The van der Waals surface area contributed by atoms with Crippen molar-refractivity contribution in [2.24, 2.45) is 0 Å². The highest BCUT2D eigenvalue weighted by Crippen LogP contribution is 2.44. The summed E-state index contributed by atoms with van der Waals surface area (Å²) >= 11 is 0. The van der Waals surface area contributed by atoms with E-state index in [1.807, 2.05) is 73.5 Å². The van der Waals surface area contributed by atoms with E-state index in [0.717, 1.165) is 27.8 Å². The average Bonchev–Trinajstić information content (AvgIpc) is 3.25. The van der Waals surface area contributed by atoms with Gasteiger partial charge < -0.3 is 20.5 Å². The maximum atomic E-state index is 12.7. The van der Waals surface area contributed by atoms with E-state index in [2.05, 4.69) is 34.9 Å². The molecule has 1 aliphatic carbocycles. The molecule has 0 fully saturated rings. The molecule has 0 heterocycles. The number of ether oxygens (including phenoxy) is 1. The number of alkyl carbamates (subject to hydrolysis) is 1. The van der Waals surface area contributed by atoms with Crippen LogP contribution in [0, 0.1) is 0 Å². The molecule has 1 aliphatic rings. The van der Waals surface area contributed by atoms with Gasteiger partial charge in [0.25, 0.3) is 0 Å². The number of likely N-dealkylation sites (N-methyl/N-ethyl adjacent to an activating group) is 1. The van der Waals surface area contributed by atoms with Gasteiger partial charge in [0, 0.05) is 31.5 Å². The summed E-state index contributed by atoms with van der Waals surface area (Å²) in [5.74, 6) is -1.61. The molecule has 1 unspecified atom stereocenters. The van der Waals surface area contributed by atoms with Gasteiger partial charge in [-0.1, -0.05) is 85.8 Å². The molecular formula is C31H35N3O5. The van der Waals surface area contributed by atoms with E-state index in [1.54, 1.807) is 0 Å².